The Balaban J connectivity index is 2.36. The van der Waals surface area contributed by atoms with Gasteiger partial charge in [-0.1, -0.05) is 0 Å². The summed E-state index contributed by atoms with van der Waals surface area (Å²) >= 11 is 0. The number of aromatic nitrogens is 2. The van der Waals surface area contributed by atoms with Crippen LogP contribution in [0.15, 0.2) is 33.9 Å². The number of nitriles is 1. The van der Waals surface area contributed by atoms with Crippen molar-refractivity contribution in [2.45, 2.75) is 13.0 Å². The topological polar surface area (TPSA) is 120 Å². The summed E-state index contributed by atoms with van der Waals surface area (Å²) in [6.07, 6.45) is -0.995. The lowest BCUT2D eigenvalue weighted by Crippen LogP contribution is -2.43. The van der Waals surface area contributed by atoms with Crippen molar-refractivity contribution >= 4 is 11.6 Å². The molecule has 24 heavy (non-hydrogen) atoms. The molecular weight excluding hydrogens is 312 g/mol. The number of benzene rings is 1. The van der Waals surface area contributed by atoms with E-state index in [9.17, 15) is 14.4 Å². The molecule has 0 saturated heterocycles. The highest BCUT2D eigenvalue weighted by Gasteiger charge is 2.25. The number of hydrogen-bond donors (Lipinski definition) is 1. The number of Topliss-reactive ketones (excluding diaryl/α,β-unsaturated/α-hetero) is 1. The van der Waals surface area contributed by atoms with Gasteiger partial charge in [-0.15, -0.1) is 0 Å². The maximum absolute atomic E-state index is 12.5. The van der Waals surface area contributed by atoms with Gasteiger partial charge in [-0.3, -0.25) is 18.7 Å². The minimum absolute atomic E-state index is 0.205. The summed E-state index contributed by atoms with van der Waals surface area (Å²) < 4.78 is 7.35. The molecule has 0 saturated carbocycles. The third-order valence-corrected chi connectivity index (χ3v) is 3.62. The van der Waals surface area contributed by atoms with Crippen LogP contribution in [0, 0.1) is 11.3 Å². The predicted molar refractivity (Wildman–Crippen MR) is 86.9 cm³/mol. The number of nitrogens with two attached hydrogens (primary N) is 1. The fourth-order valence-electron chi connectivity index (χ4n) is 2.16. The molecule has 0 aliphatic heterocycles. The van der Waals surface area contributed by atoms with Gasteiger partial charge in [-0.2, -0.15) is 5.26 Å². The fraction of sp³-hybridized carbons (Fsp3) is 0.250. The molecule has 0 bridgehead atoms. The van der Waals surface area contributed by atoms with Gasteiger partial charge in [0.25, 0.3) is 5.56 Å². The summed E-state index contributed by atoms with van der Waals surface area (Å²) in [6, 6.07) is 8.16. The molecule has 8 heteroatoms. The number of carbonyl (C=O) groups is 1. The van der Waals surface area contributed by atoms with Crippen molar-refractivity contribution in [2.24, 2.45) is 14.1 Å². The normalized spacial score (nSPS) is 11.6. The molecule has 1 heterocycles. The van der Waals surface area contributed by atoms with E-state index < -0.39 is 23.1 Å². The van der Waals surface area contributed by atoms with Crippen LogP contribution < -0.4 is 21.7 Å². The van der Waals surface area contributed by atoms with Crippen molar-refractivity contribution in [3.8, 4) is 11.8 Å². The average molecular weight is 328 g/mol. The van der Waals surface area contributed by atoms with Crippen molar-refractivity contribution in [3.05, 3.63) is 56.2 Å². The summed E-state index contributed by atoms with van der Waals surface area (Å²) in [5, 5.41) is 8.76. The molecule has 2 N–H and O–H groups in total. The second-order valence-electron chi connectivity index (χ2n) is 5.23. The van der Waals surface area contributed by atoms with Crippen LogP contribution in [0.3, 0.4) is 0 Å². The van der Waals surface area contributed by atoms with Gasteiger partial charge in [0.05, 0.1) is 11.6 Å². The van der Waals surface area contributed by atoms with E-state index in [1.165, 1.54) is 21.0 Å². The van der Waals surface area contributed by atoms with E-state index in [1.54, 1.807) is 24.3 Å². The van der Waals surface area contributed by atoms with E-state index in [0.29, 0.717) is 11.3 Å². The molecule has 1 atom stereocenters. The number of rotatable bonds is 4. The standard InChI is InChI=1S/C16H16N4O4/c1-9(24-11-6-4-10(8-17)5-7-11)13(21)12-14(18)19(2)16(23)20(3)15(12)22/h4-7,9H,18H2,1-3H3. The largest absolute Gasteiger partial charge is 0.483 e. The fourth-order valence-corrected chi connectivity index (χ4v) is 2.16. The van der Waals surface area contributed by atoms with E-state index in [0.717, 1.165) is 9.13 Å². The molecule has 1 unspecified atom stereocenters. The maximum atomic E-state index is 12.5. The second kappa shape index (κ2) is 6.42. The highest BCUT2D eigenvalue weighted by atomic mass is 16.5. The first kappa shape index (κ1) is 17.0. The molecule has 2 rings (SSSR count). The van der Waals surface area contributed by atoms with Gasteiger partial charge in [0.2, 0.25) is 5.78 Å². The summed E-state index contributed by atoms with van der Waals surface area (Å²) in [6.45, 7) is 1.48. The van der Waals surface area contributed by atoms with Gasteiger partial charge in [-0.25, -0.2) is 4.79 Å². The zero-order valence-electron chi connectivity index (χ0n) is 13.4. The van der Waals surface area contributed by atoms with Crippen LogP contribution in [0.5, 0.6) is 5.75 Å². The smallest absolute Gasteiger partial charge is 0.332 e. The lowest BCUT2D eigenvalue weighted by Gasteiger charge is -2.16. The molecule has 0 radical (unpaired) electrons. The zero-order chi connectivity index (χ0) is 18.0. The maximum Gasteiger partial charge on any atom is 0.332 e. The van der Waals surface area contributed by atoms with Crippen LogP contribution in [0.1, 0.15) is 22.8 Å². The Kier molecular flexibility index (Phi) is 4.55. The van der Waals surface area contributed by atoms with Crippen molar-refractivity contribution in [3.63, 3.8) is 0 Å². The first-order valence-corrected chi connectivity index (χ1v) is 7.04. The van der Waals surface area contributed by atoms with Gasteiger partial charge in [0.15, 0.2) is 6.10 Å². The Morgan fingerprint density at radius 2 is 1.79 bits per heavy atom. The highest BCUT2D eigenvalue weighted by molar-refractivity contribution is 6.02. The van der Waals surface area contributed by atoms with Crippen molar-refractivity contribution < 1.29 is 9.53 Å². The Morgan fingerprint density at radius 1 is 1.21 bits per heavy atom. The highest BCUT2D eigenvalue weighted by Crippen LogP contribution is 2.16. The monoisotopic (exact) mass is 328 g/mol. The second-order valence-corrected chi connectivity index (χ2v) is 5.23. The van der Waals surface area contributed by atoms with Crippen LogP contribution in [0.2, 0.25) is 0 Å². The summed E-state index contributed by atoms with van der Waals surface area (Å²) in [5.74, 6) is -0.466. The van der Waals surface area contributed by atoms with Crippen molar-refractivity contribution in [1.29, 1.82) is 5.26 Å². The summed E-state index contributed by atoms with van der Waals surface area (Å²) in [4.78, 5) is 36.5. The number of carbonyl (C=O) groups excluding carboxylic acids is 1. The lowest BCUT2D eigenvalue weighted by molar-refractivity contribution is 0.0816. The quantitative estimate of drug-likeness (QED) is 0.800. The minimum atomic E-state index is -0.995. The molecule has 124 valence electrons. The Labute approximate surface area is 137 Å². The van der Waals surface area contributed by atoms with Crippen LogP contribution in [0.25, 0.3) is 0 Å². The van der Waals surface area contributed by atoms with Gasteiger partial charge < -0.3 is 10.5 Å². The molecule has 0 aliphatic carbocycles. The first-order valence-electron chi connectivity index (χ1n) is 7.04. The molecule has 2 aromatic rings. The molecule has 0 fully saturated rings. The number of anilines is 1. The van der Waals surface area contributed by atoms with Crippen LogP contribution in [-0.4, -0.2) is 21.0 Å². The van der Waals surface area contributed by atoms with Crippen molar-refractivity contribution in [2.75, 3.05) is 5.73 Å². The van der Waals surface area contributed by atoms with E-state index in [2.05, 4.69) is 0 Å². The van der Waals surface area contributed by atoms with E-state index in [4.69, 9.17) is 15.7 Å². The van der Waals surface area contributed by atoms with Gasteiger partial charge in [-0.05, 0) is 31.2 Å². The number of ether oxygens (including phenoxy) is 1. The number of nitrogens with zero attached hydrogens (tertiary/aromatic N) is 3. The molecule has 1 aromatic carbocycles. The minimum Gasteiger partial charge on any atom is -0.483 e. The molecule has 0 amide bonds. The molecular formula is C16H16N4O4. The average Bonchev–Trinajstić information content (AvgIpc) is 2.59. The molecule has 1 aromatic heterocycles. The van der Waals surface area contributed by atoms with Crippen LogP contribution in [-0.2, 0) is 14.1 Å². The number of ketones is 1. The SMILES string of the molecule is CC(Oc1ccc(C#N)cc1)C(=O)c1c(N)n(C)c(=O)n(C)c1=O. The third kappa shape index (κ3) is 2.92. The van der Waals surface area contributed by atoms with Gasteiger partial charge in [0.1, 0.15) is 17.1 Å². The Morgan fingerprint density at radius 3 is 2.33 bits per heavy atom. The van der Waals surface area contributed by atoms with Crippen LogP contribution >= 0.6 is 0 Å². The van der Waals surface area contributed by atoms with Gasteiger partial charge in [0, 0.05) is 14.1 Å². The zero-order valence-corrected chi connectivity index (χ0v) is 13.4. The summed E-state index contributed by atoms with van der Waals surface area (Å²) in [7, 11) is 2.65. The molecule has 8 nitrogen and oxygen atoms in total. The van der Waals surface area contributed by atoms with Crippen LogP contribution in [0.4, 0.5) is 5.82 Å². The van der Waals surface area contributed by atoms with E-state index >= 15 is 0 Å². The Hall–Kier alpha value is -3.34. The predicted octanol–water partition coefficient (Wildman–Crippen LogP) is 0.188. The third-order valence-electron chi connectivity index (χ3n) is 3.62. The van der Waals surface area contributed by atoms with Crippen molar-refractivity contribution in [1.82, 2.24) is 9.13 Å². The number of hydrogen-bond acceptors (Lipinski definition) is 6. The molecule has 0 spiro atoms. The Bertz CT molecular complexity index is 948. The van der Waals surface area contributed by atoms with E-state index in [-0.39, 0.29) is 11.4 Å². The number of nitrogen functional groups attached to an aromatic ring is 1. The summed E-state index contributed by atoms with van der Waals surface area (Å²) in [5.41, 5.74) is 4.54. The van der Waals surface area contributed by atoms with Gasteiger partial charge >= 0.3 is 5.69 Å². The first-order chi connectivity index (χ1) is 11.3. The van der Waals surface area contributed by atoms with E-state index in [1.807, 2.05) is 6.07 Å². The molecule has 0 aliphatic rings. The lowest BCUT2D eigenvalue weighted by atomic mass is 10.1.